The molecule has 0 aromatic heterocycles. The fraction of sp³-hybridized carbons (Fsp3) is 0.547. The number of aliphatic hydroxyl groups is 2. The van der Waals surface area contributed by atoms with Gasteiger partial charge in [0.1, 0.15) is 29.9 Å². The second-order valence-electron chi connectivity index (χ2n) is 18.6. The highest BCUT2D eigenvalue weighted by molar-refractivity contribution is 6.03. The fourth-order valence-corrected chi connectivity index (χ4v) is 11.0. The predicted octanol–water partition coefficient (Wildman–Crippen LogP) is 11.0. The maximum atomic E-state index is 14.9. The first-order valence-corrected chi connectivity index (χ1v) is 24.1. The van der Waals surface area contributed by atoms with Crippen LogP contribution in [0.15, 0.2) is 90.1 Å². The second-order valence-corrected chi connectivity index (χ2v) is 18.6. The van der Waals surface area contributed by atoms with E-state index in [1.54, 1.807) is 18.2 Å². The third kappa shape index (κ3) is 11.0. The lowest BCUT2D eigenvalue weighted by atomic mass is 9.55. The van der Waals surface area contributed by atoms with Gasteiger partial charge in [-0.05, 0) is 135 Å². The first kappa shape index (κ1) is 47.9. The number of nitro groups is 1. The molecule has 7 rings (SSSR count). The number of allylic oxidation sites excluding steroid dienone is 1. The number of non-ortho nitro benzene ring substituents is 1. The highest BCUT2D eigenvalue weighted by Crippen LogP contribution is 2.62. The van der Waals surface area contributed by atoms with Crippen LogP contribution in [0.2, 0.25) is 0 Å². The van der Waals surface area contributed by atoms with Crippen LogP contribution in [0.3, 0.4) is 0 Å². The number of aliphatic hydroxyl groups excluding tert-OH is 2. The molecule has 0 radical (unpaired) electrons. The standard InChI is InChI=1S/C53H69N3O9/c1-5-27-55(50(59)26-20-38-13-7-8-14-38)49-34-47(54-63-35-39-18-21-41(22-19-39)56(60)61)45-32-40(15-9-11-28-57)44(16-10-12-29-58)51-46-33-43(64-42-23-17-36(3)37(4)31-42)24-25-48(46)65-53(49,52(45)51)62-30-6-2/h6,17-19,21-25,31-33,38,40,44,49,51-52,57-58H,2,5,7-16,20,26-30,34-35H2,1,3-4H3/t40-,44+,49-,51+,52+,53+/m0/s1. The first-order chi connectivity index (χ1) is 31.6. The minimum atomic E-state index is -1.34. The summed E-state index contributed by atoms with van der Waals surface area (Å²) in [5, 5.41) is 36.3. The molecule has 2 saturated carbocycles. The number of hydrogen-bond acceptors (Lipinski definition) is 10. The molecule has 0 bridgehead atoms. The number of rotatable bonds is 23. The van der Waals surface area contributed by atoms with Crippen LogP contribution in [-0.2, 0) is 21.0 Å². The normalized spacial score (nSPS) is 24.1. The highest BCUT2D eigenvalue weighted by atomic mass is 16.7. The number of carbonyl (C=O) groups excluding carboxylic acids is 1. The Morgan fingerprint density at radius 1 is 0.969 bits per heavy atom. The van der Waals surface area contributed by atoms with Gasteiger partial charge in [0.05, 0.1) is 23.2 Å². The van der Waals surface area contributed by atoms with E-state index in [0.717, 1.165) is 79.4 Å². The number of amides is 1. The Labute approximate surface area is 384 Å². The molecule has 4 aliphatic rings. The van der Waals surface area contributed by atoms with E-state index in [1.807, 2.05) is 29.2 Å². The van der Waals surface area contributed by atoms with Gasteiger partial charge < -0.3 is 34.2 Å². The highest BCUT2D eigenvalue weighted by Gasteiger charge is 2.65. The molecule has 6 atom stereocenters. The largest absolute Gasteiger partial charge is 0.459 e. The summed E-state index contributed by atoms with van der Waals surface area (Å²) in [6, 6.07) is 17.8. The van der Waals surface area contributed by atoms with Gasteiger partial charge in [0, 0.05) is 56.2 Å². The van der Waals surface area contributed by atoms with Crippen LogP contribution in [0.4, 0.5) is 5.69 Å². The topological polar surface area (TPSA) is 153 Å². The zero-order valence-corrected chi connectivity index (χ0v) is 38.6. The maximum absolute atomic E-state index is 14.9. The fourth-order valence-electron chi connectivity index (χ4n) is 11.0. The Balaban J connectivity index is 1.40. The van der Waals surface area contributed by atoms with Gasteiger partial charge in [-0.15, -0.1) is 6.58 Å². The van der Waals surface area contributed by atoms with Crippen molar-refractivity contribution < 1.29 is 39.0 Å². The number of benzene rings is 3. The number of aryl methyl sites for hydroxylation is 2. The molecule has 0 saturated heterocycles. The number of unbranched alkanes of at least 4 members (excludes halogenated alkanes) is 2. The van der Waals surface area contributed by atoms with Crippen LogP contribution in [0.25, 0.3) is 0 Å². The van der Waals surface area contributed by atoms with Gasteiger partial charge in [-0.2, -0.15) is 0 Å². The van der Waals surface area contributed by atoms with Crippen molar-refractivity contribution in [2.24, 2.45) is 28.8 Å². The lowest BCUT2D eigenvalue weighted by Crippen LogP contribution is -2.70. The minimum Gasteiger partial charge on any atom is -0.459 e. The Bertz CT molecular complexity index is 2170. The van der Waals surface area contributed by atoms with Crippen molar-refractivity contribution in [2.45, 2.75) is 135 Å². The smallest absolute Gasteiger partial charge is 0.269 e. The average Bonchev–Trinajstić information content (AvgIpc) is 3.84. The molecule has 350 valence electrons. The first-order valence-electron chi connectivity index (χ1n) is 24.1. The second kappa shape index (κ2) is 22.4. The van der Waals surface area contributed by atoms with Crippen LogP contribution in [-0.4, -0.2) is 69.8 Å². The van der Waals surface area contributed by atoms with Crippen molar-refractivity contribution in [3.05, 3.63) is 117 Å². The zero-order chi connectivity index (χ0) is 45.9. The number of oxime groups is 1. The quantitative estimate of drug-likeness (QED) is 0.0410. The zero-order valence-electron chi connectivity index (χ0n) is 38.6. The van der Waals surface area contributed by atoms with Gasteiger partial charge in [-0.1, -0.05) is 68.8 Å². The number of hydrogen-bond donors (Lipinski definition) is 2. The lowest BCUT2D eigenvalue weighted by molar-refractivity contribution is -0.384. The Morgan fingerprint density at radius 2 is 1.69 bits per heavy atom. The average molecular weight is 892 g/mol. The molecule has 1 amide bonds. The SMILES string of the molecule is C=CCO[C@@]12Oc3ccc(Oc4ccc(C)c(C)c4)cc3[C@H]3[C@H](CCCCO)[C@@H](CCCCO)C=C(C(=NOCc4ccc([N+](=O)[O-])cc4)C[C@@H]1N(CCC)C(=O)CCC1CCCC1)[C@H]32. The molecular weight excluding hydrogens is 823 g/mol. The molecule has 65 heavy (non-hydrogen) atoms. The third-order valence-corrected chi connectivity index (χ3v) is 14.3. The van der Waals surface area contributed by atoms with Crippen molar-refractivity contribution in [1.29, 1.82) is 0 Å². The van der Waals surface area contributed by atoms with Crippen LogP contribution in [0.5, 0.6) is 17.2 Å². The molecule has 1 aliphatic heterocycles. The third-order valence-electron chi connectivity index (χ3n) is 14.3. The molecule has 3 aromatic rings. The molecule has 3 aliphatic carbocycles. The van der Waals surface area contributed by atoms with Gasteiger partial charge in [-0.3, -0.25) is 14.9 Å². The van der Waals surface area contributed by atoms with E-state index in [4.69, 9.17) is 24.2 Å². The summed E-state index contributed by atoms with van der Waals surface area (Å²) in [6.45, 7) is 11.3. The van der Waals surface area contributed by atoms with Crippen LogP contribution < -0.4 is 9.47 Å². The summed E-state index contributed by atoms with van der Waals surface area (Å²) in [5.41, 5.74) is 5.70. The van der Waals surface area contributed by atoms with Crippen LogP contribution >= 0.6 is 0 Å². The summed E-state index contributed by atoms with van der Waals surface area (Å²) in [7, 11) is 0. The molecule has 2 fully saturated rings. The van der Waals surface area contributed by atoms with Crippen molar-refractivity contribution in [1.82, 2.24) is 4.90 Å². The Morgan fingerprint density at radius 3 is 2.38 bits per heavy atom. The molecule has 12 nitrogen and oxygen atoms in total. The molecular formula is C53H69N3O9. The number of fused-ring (bicyclic) bond motifs is 2. The van der Waals surface area contributed by atoms with Gasteiger partial charge >= 0.3 is 0 Å². The van der Waals surface area contributed by atoms with E-state index in [1.165, 1.54) is 30.5 Å². The lowest BCUT2D eigenvalue weighted by Gasteiger charge is -2.60. The van der Waals surface area contributed by atoms with Crippen molar-refractivity contribution in [2.75, 3.05) is 26.4 Å². The van der Waals surface area contributed by atoms with E-state index >= 15 is 0 Å². The van der Waals surface area contributed by atoms with Gasteiger partial charge in [-0.25, -0.2) is 0 Å². The Kier molecular flexibility index (Phi) is 16.5. The molecule has 0 spiro atoms. The predicted molar refractivity (Wildman–Crippen MR) is 252 cm³/mol. The number of carbonyl (C=O) groups is 1. The molecule has 0 unspecified atom stereocenters. The number of nitrogens with zero attached hydrogens (tertiary/aromatic N) is 3. The summed E-state index contributed by atoms with van der Waals surface area (Å²) in [6.07, 6.45) is 15.8. The van der Waals surface area contributed by atoms with Gasteiger partial charge in [0.15, 0.2) is 0 Å². The molecule has 2 N–H and O–H groups in total. The maximum Gasteiger partial charge on any atom is 0.269 e. The summed E-state index contributed by atoms with van der Waals surface area (Å²) < 4.78 is 21.2. The number of ether oxygens (including phenoxy) is 3. The molecule has 12 heteroatoms. The summed E-state index contributed by atoms with van der Waals surface area (Å²) in [5.74, 6) is 0.884. The van der Waals surface area contributed by atoms with Crippen molar-refractivity contribution in [3.63, 3.8) is 0 Å². The Hall–Kier alpha value is -5.04. The van der Waals surface area contributed by atoms with Crippen molar-refractivity contribution >= 4 is 17.3 Å². The van der Waals surface area contributed by atoms with E-state index in [0.29, 0.717) is 55.4 Å². The number of nitro benzene ring substituents is 1. The van der Waals surface area contributed by atoms with E-state index in [-0.39, 0.29) is 55.8 Å². The van der Waals surface area contributed by atoms with Crippen molar-refractivity contribution in [3.8, 4) is 17.2 Å². The van der Waals surface area contributed by atoms with E-state index < -0.39 is 22.7 Å². The van der Waals surface area contributed by atoms with Crippen LogP contribution in [0.1, 0.15) is 125 Å². The van der Waals surface area contributed by atoms with E-state index in [2.05, 4.69) is 45.6 Å². The van der Waals surface area contributed by atoms with Gasteiger partial charge in [0.2, 0.25) is 11.7 Å². The minimum absolute atomic E-state index is 0.000957. The monoisotopic (exact) mass is 892 g/mol. The summed E-state index contributed by atoms with van der Waals surface area (Å²) in [4.78, 5) is 34.1. The molecule has 1 heterocycles. The van der Waals surface area contributed by atoms with Gasteiger partial charge in [0.25, 0.3) is 5.69 Å². The molecule has 3 aromatic carbocycles. The van der Waals surface area contributed by atoms with Crippen LogP contribution in [0, 0.1) is 47.6 Å². The van der Waals surface area contributed by atoms with E-state index in [9.17, 15) is 25.1 Å². The summed E-state index contributed by atoms with van der Waals surface area (Å²) >= 11 is 0.